The monoisotopic (exact) mass is 256 g/mol. The van der Waals surface area contributed by atoms with Crippen molar-refractivity contribution in [1.29, 1.82) is 0 Å². The number of nitrogens with two attached hydrogens (primary N) is 1. The van der Waals surface area contributed by atoms with Gasteiger partial charge in [-0.1, -0.05) is 0 Å². The largest absolute Gasteiger partial charge is 0.485 e. The Morgan fingerprint density at radius 3 is 2.89 bits per heavy atom. The molecule has 1 heterocycles. The first-order valence-corrected chi connectivity index (χ1v) is 6.20. The molecule has 5 heteroatoms. The van der Waals surface area contributed by atoms with Crippen LogP contribution in [0.1, 0.15) is 19.8 Å². The van der Waals surface area contributed by atoms with Crippen molar-refractivity contribution in [3.8, 4) is 5.75 Å². The smallest absolute Gasteiger partial charge is 0.202 e. The van der Waals surface area contributed by atoms with Crippen molar-refractivity contribution in [2.45, 2.75) is 25.9 Å². The maximum absolute atomic E-state index is 13.6. The molecule has 3 nitrogen and oxygen atoms in total. The van der Waals surface area contributed by atoms with Crippen LogP contribution in [0.2, 0.25) is 0 Å². The molecule has 0 aliphatic carbocycles. The normalized spacial score (nSPS) is 21.6. The van der Waals surface area contributed by atoms with Crippen LogP contribution in [0.25, 0.3) is 0 Å². The Labute approximate surface area is 105 Å². The molecular weight excluding hydrogens is 238 g/mol. The third kappa shape index (κ3) is 2.72. The van der Waals surface area contributed by atoms with E-state index in [-0.39, 0.29) is 17.5 Å². The van der Waals surface area contributed by atoms with Crippen molar-refractivity contribution in [3.05, 3.63) is 23.8 Å². The number of nitrogen functional groups attached to an aromatic ring is 1. The Hall–Kier alpha value is -1.36. The van der Waals surface area contributed by atoms with Crippen LogP contribution >= 0.6 is 0 Å². The van der Waals surface area contributed by atoms with E-state index in [9.17, 15) is 8.78 Å². The highest BCUT2D eigenvalue weighted by molar-refractivity contribution is 5.53. The summed E-state index contributed by atoms with van der Waals surface area (Å²) in [6.45, 7) is 3.69. The predicted molar refractivity (Wildman–Crippen MR) is 66.5 cm³/mol. The predicted octanol–water partition coefficient (Wildman–Crippen LogP) is 2.31. The van der Waals surface area contributed by atoms with E-state index >= 15 is 0 Å². The second kappa shape index (κ2) is 5.52. The van der Waals surface area contributed by atoms with Crippen LogP contribution in [0.5, 0.6) is 5.75 Å². The average molecular weight is 256 g/mol. The topological polar surface area (TPSA) is 47.3 Å². The first kappa shape index (κ1) is 13.1. The molecule has 0 bridgehead atoms. The molecular formula is C13H18F2N2O. The summed E-state index contributed by atoms with van der Waals surface area (Å²) in [6, 6.07) is 2.32. The molecule has 0 aromatic heterocycles. The first-order chi connectivity index (χ1) is 8.59. The molecule has 1 saturated heterocycles. The summed E-state index contributed by atoms with van der Waals surface area (Å²) in [4.78, 5) is 0. The molecule has 2 atom stereocenters. The van der Waals surface area contributed by atoms with Gasteiger partial charge in [-0.05, 0) is 38.4 Å². The summed E-state index contributed by atoms with van der Waals surface area (Å²) in [5.41, 5.74) is 5.75. The van der Waals surface area contributed by atoms with Crippen molar-refractivity contribution < 1.29 is 13.5 Å². The highest BCUT2D eigenvalue weighted by Crippen LogP contribution is 2.30. The highest BCUT2D eigenvalue weighted by atomic mass is 19.2. The van der Waals surface area contributed by atoms with Crippen LogP contribution in [-0.2, 0) is 0 Å². The molecule has 2 rings (SSSR count). The third-order valence-corrected chi connectivity index (χ3v) is 3.38. The first-order valence-electron chi connectivity index (χ1n) is 6.20. The Morgan fingerprint density at radius 1 is 1.44 bits per heavy atom. The van der Waals surface area contributed by atoms with E-state index in [1.807, 2.05) is 6.92 Å². The number of rotatable bonds is 3. The lowest BCUT2D eigenvalue weighted by atomic mass is 9.94. The van der Waals surface area contributed by atoms with E-state index in [1.165, 1.54) is 6.07 Å². The molecule has 1 aromatic rings. The minimum Gasteiger partial charge on any atom is -0.485 e. The number of hydrogen-bond donors (Lipinski definition) is 2. The number of nitrogens with one attached hydrogen (secondary N) is 1. The van der Waals surface area contributed by atoms with Crippen LogP contribution in [0.3, 0.4) is 0 Å². The van der Waals surface area contributed by atoms with E-state index in [1.54, 1.807) is 0 Å². The molecule has 0 saturated carbocycles. The van der Waals surface area contributed by atoms with Gasteiger partial charge in [-0.15, -0.1) is 0 Å². The summed E-state index contributed by atoms with van der Waals surface area (Å²) in [6.07, 6.45) is 1.89. The molecule has 1 aliphatic rings. The molecule has 1 fully saturated rings. The van der Waals surface area contributed by atoms with Gasteiger partial charge in [-0.2, -0.15) is 4.39 Å². The minimum absolute atomic E-state index is 0.129. The third-order valence-electron chi connectivity index (χ3n) is 3.38. The number of piperidine rings is 1. The lowest BCUT2D eigenvalue weighted by molar-refractivity contribution is 0.126. The SMILES string of the molecule is CC(Oc1c(N)ccc(F)c1F)C1CCCNC1. The van der Waals surface area contributed by atoms with Crippen LogP contribution in [0.15, 0.2) is 12.1 Å². The van der Waals surface area contributed by atoms with Crippen molar-refractivity contribution in [2.24, 2.45) is 5.92 Å². The van der Waals surface area contributed by atoms with E-state index in [2.05, 4.69) is 5.32 Å². The van der Waals surface area contributed by atoms with Crippen LogP contribution in [0.4, 0.5) is 14.5 Å². The van der Waals surface area contributed by atoms with Crippen molar-refractivity contribution in [2.75, 3.05) is 18.8 Å². The van der Waals surface area contributed by atoms with Gasteiger partial charge in [-0.3, -0.25) is 0 Å². The van der Waals surface area contributed by atoms with E-state index in [0.717, 1.165) is 32.0 Å². The van der Waals surface area contributed by atoms with Gasteiger partial charge in [0.2, 0.25) is 5.82 Å². The Kier molecular flexibility index (Phi) is 4.01. The fraction of sp³-hybridized carbons (Fsp3) is 0.538. The summed E-state index contributed by atoms with van der Waals surface area (Å²) in [7, 11) is 0. The average Bonchev–Trinajstić information content (AvgIpc) is 2.40. The van der Waals surface area contributed by atoms with Gasteiger partial charge in [0, 0.05) is 12.5 Å². The lowest BCUT2D eigenvalue weighted by Crippen LogP contribution is -2.38. The molecule has 0 amide bonds. The number of halogens is 2. The highest BCUT2D eigenvalue weighted by Gasteiger charge is 2.24. The van der Waals surface area contributed by atoms with Crippen LogP contribution in [-0.4, -0.2) is 19.2 Å². The fourth-order valence-electron chi connectivity index (χ4n) is 2.23. The molecule has 2 unspecified atom stereocenters. The van der Waals surface area contributed by atoms with Gasteiger partial charge in [-0.25, -0.2) is 4.39 Å². The fourth-order valence-corrected chi connectivity index (χ4v) is 2.23. The minimum atomic E-state index is -1.01. The Bertz CT molecular complexity index is 420. The van der Waals surface area contributed by atoms with Crippen molar-refractivity contribution in [1.82, 2.24) is 5.32 Å². The van der Waals surface area contributed by atoms with E-state index in [0.29, 0.717) is 5.92 Å². The van der Waals surface area contributed by atoms with Gasteiger partial charge < -0.3 is 15.8 Å². The number of anilines is 1. The second-order valence-electron chi connectivity index (χ2n) is 4.71. The maximum atomic E-state index is 13.6. The number of hydrogen-bond acceptors (Lipinski definition) is 3. The zero-order chi connectivity index (χ0) is 13.1. The Morgan fingerprint density at radius 2 is 2.22 bits per heavy atom. The van der Waals surface area contributed by atoms with Gasteiger partial charge in [0.1, 0.15) is 6.10 Å². The molecule has 100 valence electrons. The Balaban J connectivity index is 2.10. The van der Waals surface area contributed by atoms with E-state index < -0.39 is 11.6 Å². The molecule has 18 heavy (non-hydrogen) atoms. The van der Waals surface area contributed by atoms with Gasteiger partial charge in [0.15, 0.2) is 11.6 Å². The van der Waals surface area contributed by atoms with Gasteiger partial charge >= 0.3 is 0 Å². The van der Waals surface area contributed by atoms with E-state index in [4.69, 9.17) is 10.5 Å². The van der Waals surface area contributed by atoms with Gasteiger partial charge in [0.05, 0.1) is 5.69 Å². The van der Waals surface area contributed by atoms with Gasteiger partial charge in [0.25, 0.3) is 0 Å². The second-order valence-corrected chi connectivity index (χ2v) is 4.71. The molecule has 0 spiro atoms. The lowest BCUT2D eigenvalue weighted by Gasteiger charge is -2.29. The maximum Gasteiger partial charge on any atom is 0.202 e. The zero-order valence-electron chi connectivity index (χ0n) is 10.4. The summed E-state index contributed by atoms with van der Waals surface area (Å²) < 4.78 is 32.2. The molecule has 1 aliphatic heterocycles. The number of benzene rings is 1. The summed E-state index contributed by atoms with van der Waals surface area (Å²) in [5.74, 6) is -1.83. The standard InChI is InChI=1S/C13H18F2N2O/c1-8(9-3-2-6-17-7-9)18-13-11(16)5-4-10(14)12(13)15/h4-5,8-9,17H,2-3,6-7,16H2,1H3. The van der Waals surface area contributed by atoms with Crippen LogP contribution in [0, 0.1) is 17.6 Å². The van der Waals surface area contributed by atoms with Crippen molar-refractivity contribution >= 4 is 5.69 Å². The zero-order valence-corrected chi connectivity index (χ0v) is 10.4. The summed E-state index contributed by atoms with van der Waals surface area (Å²) in [5, 5.41) is 3.26. The quantitative estimate of drug-likeness (QED) is 0.816. The summed E-state index contributed by atoms with van der Waals surface area (Å²) >= 11 is 0. The van der Waals surface area contributed by atoms with Crippen LogP contribution < -0.4 is 15.8 Å². The molecule has 0 radical (unpaired) electrons. The molecule has 1 aromatic carbocycles. The van der Waals surface area contributed by atoms with Crippen molar-refractivity contribution in [3.63, 3.8) is 0 Å². The number of ether oxygens (including phenoxy) is 1. The molecule has 3 N–H and O–H groups in total.